The molecule has 3 N–H and O–H groups in total. The maximum atomic E-state index is 6.46. The second-order valence-electron chi connectivity index (χ2n) is 7.53. The molecule has 1 atom stereocenters. The zero-order chi connectivity index (χ0) is 22.2. The van der Waals surface area contributed by atoms with E-state index in [1.54, 1.807) is 12.3 Å². The van der Waals surface area contributed by atoms with Crippen LogP contribution in [0.3, 0.4) is 0 Å². The van der Waals surface area contributed by atoms with Crippen molar-refractivity contribution in [1.29, 1.82) is 0 Å². The van der Waals surface area contributed by atoms with Gasteiger partial charge in [0.05, 0.1) is 10.7 Å². The van der Waals surface area contributed by atoms with Crippen molar-refractivity contribution in [1.82, 2.24) is 19.4 Å². The summed E-state index contributed by atoms with van der Waals surface area (Å²) in [5.41, 5.74) is 8.26. The third-order valence-electron chi connectivity index (χ3n) is 5.39. The average Bonchev–Trinajstić information content (AvgIpc) is 3.39. The monoisotopic (exact) mass is 483 g/mol. The smallest absolute Gasteiger partial charge is 0.211 e. The van der Waals surface area contributed by atoms with Gasteiger partial charge in [0.25, 0.3) is 0 Å². The number of nitrogens with zero attached hydrogens (tertiary/aromatic N) is 5. The van der Waals surface area contributed by atoms with E-state index in [1.165, 1.54) is 11.3 Å². The molecule has 10 heteroatoms. The third kappa shape index (κ3) is 3.95. The average molecular weight is 484 g/mol. The number of nitrogens with two attached hydrogens (primary N) is 1. The Morgan fingerprint density at radius 1 is 1.25 bits per heavy atom. The Morgan fingerprint density at radius 2 is 2.12 bits per heavy atom. The molecule has 4 aromatic rings. The predicted molar refractivity (Wildman–Crippen MR) is 132 cm³/mol. The van der Waals surface area contributed by atoms with Gasteiger partial charge < -0.3 is 16.0 Å². The van der Waals surface area contributed by atoms with Crippen LogP contribution in [-0.2, 0) is 0 Å². The lowest BCUT2D eigenvalue weighted by molar-refractivity contribution is 0.521. The molecular weight excluding hydrogens is 465 g/mol. The number of fused-ring (bicyclic) bond motifs is 1. The quantitative estimate of drug-likeness (QED) is 0.405. The number of anilines is 3. The number of terminal acetylenes is 1. The number of halogens is 2. The number of rotatable bonds is 4. The van der Waals surface area contributed by atoms with Crippen molar-refractivity contribution in [3.05, 3.63) is 51.6 Å². The number of hydrogen-bond acceptors (Lipinski definition) is 7. The summed E-state index contributed by atoms with van der Waals surface area (Å²) in [6.07, 6.45) is 11.2. The molecule has 0 saturated carbocycles. The molecule has 162 valence electrons. The zero-order valence-electron chi connectivity index (χ0n) is 16.9. The first-order valence-electron chi connectivity index (χ1n) is 10.1. The number of aromatic nitrogens is 4. The van der Waals surface area contributed by atoms with Gasteiger partial charge in [0.15, 0.2) is 10.9 Å². The van der Waals surface area contributed by atoms with Crippen molar-refractivity contribution in [3.63, 3.8) is 0 Å². The minimum absolute atomic E-state index is 0.183. The van der Waals surface area contributed by atoms with E-state index < -0.39 is 0 Å². The maximum absolute atomic E-state index is 6.46. The highest BCUT2D eigenvalue weighted by molar-refractivity contribution is 7.16. The van der Waals surface area contributed by atoms with E-state index in [0.717, 1.165) is 53.9 Å². The number of benzene rings is 1. The highest BCUT2D eigenvalue weighted by Crippen LogP contribution is 2.32. The molecule has 1 aliphatic rings. The summed E-state index contributed by atoms with van der Waals surface area (Å²) in [5, 5.41) is 5.36. The summed E-state index contributed by atoms with van der Waals surface area (Å²) < 4.78 is 1.99. The largest absolute Gasteiger partial charge is 0.382 e. The molecule has 32 heavy (non-hydrogen) atoms. The van der Waals surface area contributed by atoms with Crippen LogP contribution in [0.1, 0.15) is 17.7 Å². The Morgan fingerprint density at radius 3 is 2.91 bits per heavy atom. The van der Waals surface area contributed by atoms with Crippen LogP contribution in [0.2, 0.25) is 10.0 Å². The Kier molecular flexibility index (Phi) is 5.55. The first-order chi connectivity index (χ1) is 15.5. The van der Waals surface area contributed by atoms with Crippen molar-refractivity contribution in [3.8, 4) is 23.6 Å². The molecule has 7 nitrogen and oxygen atoms in total. The van der Waals surface area contributed by atoms with Gasteiger partial charge in [0, 0.05) is 48.2 Å². The highest BCUT2D eigenvalue weighted by atomic mass is 35.5. The minimum Gasteiger partial charge on any atom is -0.382 e. The number of nitrogens with one attached hydrogen (secondary N) is 1. The van der Waals surface area contributed by atoms with Crippen LogP contribution in [0.4, 0.5) is 16.9 Å². The molecule has 1 unspecified atom stereocenters. The Balaban J connectivity index is 1.46. The van der Waals surface area contributed by atoms with Gasteiger partial charge in [0.2, 0.25) is 5.95 Å². The number of piperidine rings is 1. The first-order valence-corrected chi connectivity index (χ1v) is 11.6. The predicted octanol–water partition coefficient (Wildman–Crippen LogP) is 4.80. The van der Waals surface area contributed by atoms with Crippen molar-refractivity contribution in [2.75, 3.05) is 29.0 Å². The van der Waals surface area contributed by atoms with Crippen molar-refractivity contribution in [2.45, 2.75) is 18.9 Å². The summed E-state index contributed by atoms with van der Waals surface area (Å²) in [6, 6.07) is 7.53. The van der Waals surface area contributed by atoms with Gasteiger partial charge in [-0.3, -0.25) is 4.40 Å². The van der Waals surface area contributed by atoms with Crippen molar-refractivity contribution >= 4 is 57.1 Å². The fraction of sp³-hybridized carbons (Fsp3) is 0.227. The fourth-order valence-corrected chi connectivity index (χ4v) is 5.19. The summed E-state index contributed by atoms with van der Waals surface area (Å²) in [5.74, 6) is 3.78. The number of hydrogen-bond donors (Lipinski definition) is 2. The van der Waals surface area contributed by atoms with Crippen molar-refractivity contribution < 1.29 is 0 Å². The minimum atomic E-state index is 0.183. The molecule has 3 aromatic heterocycles. The standard InChI is InChI=1S/C22H19Cl2N7S/c1-2-18-20(25)29-21(32-18)27-14-4-3-8-30(12-14)22-28-17(11-19-26-7-9-31(19)22)15-6-5-13(23)10-16(15)24/h1,5-7,9-11,14H,3-4,8,12,25H2,(H,27,29). The van der Waals surface area contributed by atoms with E-state index in [-0.39, 0.29) is 6.04 Å². The lowest BCUT2D eigenvalue weighted by Gasteiger charge is -2.34. The second-order valence-corrected chi connectivity index (χ2v) is 9.37. The third-order valence-corrected chi connectivity index (χ3v) is 6.88. The van der Waals surface area contributed by atoms with Crippen LogP contribution in [0.5, 0.6) is 0 Å². The molecule has 1 aliphatic heterocycles. The number of imidazole rings is 1. The summed E-state index contributed by atoms with van der Waals surface area (Å²) in [4.78, 5) is 16.7. The summed E-state index contributed by atoms with van der Waals surface area (Å²) in [7, 11) is 0. The maximum Gasteiger partial charge on any atom is 0.211 e. The van der Waals surface area contributed by atoms with E-state index in [4.69, 9.17) is 40.3 Å². The van der Waals surface area contributed by atoms with Gasteiger partial charge in [-0.05, 0) is 31.0 Å². The van der Waals surface area contributed by atoms with Crippen LogP contribution in [-0.4, -0.2) is 38.5 Å². The second kappa shape index (κ2) is 8.51. The summed E-state index contributed by atoms with van der Waals surface area (Å²) in [6.45, 7) is 1.63. The first kappa shape index (κ1) is 20.9. The van der Waals surface area contributed by atoms with Gasteiger partial charge in [-0.25, -0.2) is 15.0 Å². The topological polar surface area (TPSA) is 84.4 Å². The Bertz CT molecular complexity index is 1340. The molecule has 5 rings (SSSR count). The summed E-state index contributed by atoms with van der Waals surface area (Å²) >= 11 is 13.9. The molecule has 1 fully saturated rings. The molecule has 4 heterocycles. The lowest BCUT2D eigenvalue weighted by atomic mass is 10.1. The van der Waals surface area contributed by atoms with E-state index in [9.17, 15) is 0 Å². The molecular formula is C22H19Cl2N7S. The SMILES string of the molecule is C#Cc1sc(NC2CCCN(c3nc(-c4ccc(Cl)cc4Cl)cc4nccn34)C2)nc1N. The van der Waals surface area contributed by atoms with E-state index in [0.29, 0.717) is 20.7 Å². The van der Waals surface area contributed by atoms with Crippen LogP contribution in [0.25, 0.3) is 16.9 Å². The molecule has 0 bridgehead atoms. The van der Waals surface area contributed by atoms with Gasteiger partial charge in [-0.15, -0.1) is 6.42 Å². The van der Waals surface area contributed by atoms with Crippen LogP contribution in [0.15, 0.2) is 36.7 Å². The Hall–Kier alpha value is -2.99. The molecule has 0 amide bonds. The van der Waals surface area contributed by atoms with Gasteiger partial charge in [-0.1, -0.05) is 40.5 Å². The molecule has 1 aromatic carbocycles. The molecule has 0 aliphatic carbocycles. The van der Waals surface area contributed by atoms with Crippen LogP contribution < -0.4 is 16.0 Å². The van der Waals surface area contributed by atoms with Gasteiger partial charge in [-0.2, -0.15) is 0 Å². The normalized spacial score (nSPS) is 16.3. The van der Waals surface area contributed by atoms with E-state index in [2.05, 4.69) is 26.1 Å². The van der Waals surface area contributed by atoms with E-state index in [1.807, 2.05) is 28.8 Å². The number of thiazole rings is 1. The molecule has 0 radical (unpaired) electrons. The van der Waals surface area contributed by atoms with Crippen molar-refractivity contribution in [2.24, 2.45) is 0 Å². The molecule has 0 spiro atoms. The highest BCUT2D eigenvalue weighted by Gasteiger charge is 2.24. The van der Waals surface area contributed by atoms with Crippen LogP contribution in [0, 0.1) is 12.3 Å². The Labute approximate surface area is 199 Å². The van der Waals surface area contributed by atoms with E-state index >= 15 is 0 Å². The van der Waals surface area contributed by atoms with Gasteiger partial charge in [0.1, 0.15) is 10.5 Å². The van der Waals surface area contributed by atoms with Gasteiger partial charge >= 0.3 is 0 Å². The zero-order valence-corrected chi connectivity index (χ0v) is 19.3. The molecule has 1 saturated heterocycles. The fourth-order valence-electron chi connectivity index (χ4n) is 3.91. The number of nitrogen functional groups attached to an aromatic ring is 1. The lowest BCUT2D eigenvalue weighted by Crippen LogP contribution is -2.43. The van der Waals surface area contributed by atoms with Crippen LogP contribution >= 0.6 is 34.5 Å².